The molecular weight excluding hydrogens is 829 g/mol. The molecule has 1 atom stereocenters. The average Bonchev–Trinajstić information content (AvgIpc) is 3.58. The van der Waals surface area contributed by atoms with E-state index < -0.39 is 23.3 Å². The van der Waals surface area contributed by atoms with Crippen molar-refractivity contribution in [1.82, 2.24) is 29.7 Å². The normalized spacial score (nSPS) is 20.4. The second-order valence-corrected chi connectivity index (χ2v) is 18.5. The molecular formula is C46H53ClFN9O6. The van der Waals surface area contributed by atoms with Crippen molar-refractivity contribution in [2.45, 2.75) is 84.3 Å². The summed E-state index contributed by atoms with van der Waals surface area (Å²) in [7, 11) is 0. The zero-order valence-corrected chi connectivity index (χ0v) is 36.7. The number of imide groups is 1. The van der Waals surface area contributed by atoms with Crippen molar-refractivity contribution in [2.75, 3.05) is 67.5 Å². The SMILES string of the molecule is CCC(=O)COc1cc2c(F)c(Nc3nc(N4CCC(CN5CCC6(CC5)CN(c5ccc7c(c5)CN(C5CCC(=O)NC5=O)C7=O)C6)CC4)ncc3Cl)ccc2n(C(C)C)c1=O. The van der Waals surface area contributed by atoms with Crippen LogP contribution < -0.4 is 30.7 Å². The first-order valence-corrected chi connectivity index (χ1v) is 22.5. The highest BCUT2D eigenvalue weighted by molar-refractivity contribution is 6.33. The number of hydrogen-bond donors (Lipinski definition) is 2. The molecule has 4 saturated heterocycles. The Balaban J connectivity index is 0.770. The van der Waals surface area contributed by atoms with Gasteiger partial charge in [-0.25, -0.2) is 9.37 Å². The van der Waals surface area contributed by atoms with Crippen LogP contribution in [0.1, 0.15) is 87.7 Å². The van der Waals surface area contributed by atoms with E-state index in [2.05, 4.69) is 36.4 Å². The molecule has 3 amide bonds. The molecule has 4 aromatic rings. The van der Waals surface area contributed by atoms with Crippen molar-refractivity contribution in [3.05, 3.63) is 74.9 Å². The number of pyridine rings is 1. The van der Waals surface area contributed by atoms with Crippen molar-refractivity contribution in [3.63, 3.8) is 0 Å². The van der Waals surface area contributed by atoms with Crippen LogP contribution >= 0.6 is 11.6 Å². The van der Waals surface area contributed by atoms with E-state index in [0.717, 1.165) is 82.7 Å². The Kier molecular flexibility index (Phi) is 11.6. The van der Waals surface area contributed by atoms with Gasteiger partial charge in [-0.2, -0.15) is 4.98 Å². The molecule has 63 heavy (non-hydrogen) atoms. The lowest BCUT2D eigenvalue weighted by Crippen LogP contribution is -2.60. The number of ether oxygens (including phenoxy) is 1. The molecule has 5 aliphatic heterocycles. The number of ketones is 1. The quantitative estimate of drug-likeness (QED) is 0.164. The molecule has 332 valence electrons. The number of likely N-dealkylation sites (tertiary alicyclic amines) is 1. The Bertz CT molecular complexity index is 2540. The van der Waals surface area contributed by atoms with Crippen molar-refractivity contribution < 1.29 is 28.3 Å². The molecule has 7 heterocycles. The molecule has 1 unspecified atom stereocenters. The number of nitrogens with one attached hydrogen (secondary N) is 2. The minimum atomic E-state index is -0.612. The molecule has 2 aromatic carbocycles. The highest BCUT2D eigenvalue weighted by atomic mass is 35.5. The zero-order chi connectivity index (χ0) is 44.2. The number of aromatic nitrogens is 3. The number of rotatable bonds is 12. The predicted molar refractivity (Wildman–Crippen MR) is 237 cm³/mol. The van der Waals surface area contributed by atoms with Crippen LogP contribution in [0.4, 0.5) is 27.5 Å². The Labute approximate surface area is 369 Å². The van der Waals surface area contributed by atoms with E-state index in [1.807, 2.05) is 26.0 Å². The van der Waals surface area contributed by atoms with Crippen LogP contribution in [0.2, 0.25) is 5.02 Å². The predicted octanol–water partition coefficient (Wildman–Crippen LogP) is 5.85. The molecule has 0 aliphatic carbocycles. The lowest BCUT2D eigenvalue weighted by molar-refractivity contribution is -0.137. The van der Waals surface area contributed by atoms with Crippen molar-refractivity contribution in [3.8, 4) is 5.75 Å². The van der Waals surface area contributed by atoms with E-state index in [-0.39, 0.29) is 70.8 Å². The number of hydrogen-bond acceptors (Lipinski definition) is 12. The van der Waals surface area contributed by atoms with Gasteiger partial charge in [-0.05, 0) is 107 Å². The summed E-state index contributed by atoms with van der Waals surface area (Å²) in [4.78, 5) is 80.5. The van der Waals surface area contributed by atoms with E-state index in [9.17, 15) is 24.0 Å². The number of anilines is 4. The van der Waals surface area contributed by atoms with Crippen LogP contribution in [-0.4, -0.2) is 106 Å². The highest BCUT2D eigenvalue weighted by Crippen LogP contribution is 2.44. The first kappa shape index (κ1) is 42.7. The second kappa shape index (κ2) is 17.2. The molecule has 0 saturated carbocycles. The van der Waals surface area contributed by atoms with Gasteiger partial charge in [0.2, 0.25) is 17.8 Å². The summed E-state index contributed by atoms with van der Waals surface area (Å²) in [6.07, 6.45) is 6.67. The van der Waals surface area contributed by atoms with Gasteiger partial charge in [0, 0.05) is 80.2 Å². The van der Waals surface area contributed by atoms with Gasteiger partial charge in [-0.3, -0.25) is 29.3 Å². The molecule has 2 aromatic heterocycles. The average molecular weight is 882 g/mol. The molecule has 2 N–H and O–H groups in total. The van der Waals surface area contributed by atoms with Crippen LogP contribution in [0.15, 0.2) is 47.4 Å². The standard InChI is InChI=1S/C46H53ClFN9O6/c1-4-31(58)24-63-38-20-33-36(57(27(2)3)44(38)62)8-7-35(40(33)48)50-41-34(47)21-49-45(52-41)54-15-11-28(12-16-54)22-53-17-13-46(14-18-53)25-55(26-46)30-5-6-32-29(19-30)23-56(43(32)61)37-9-10-39(59)51-42(37)60/h5-8,19-21,27-28,37H,4,9-18,22-26H2,1-3H3,(H,49,50,52)(H,51,59,60). The van der Waals surface area contributed by atoms with E-state index in [4.69, 9.17) is 21.3 Å². The van der Waals surface area contributed by atoms with E-state index in [1.165, 1.54) is 16.8 Å². The van der Waals surface area contributed by atoms with Crippen LogP contribution in [0.3, 0.4) is 0 Å². The van der Waals surface area contributed by atoms with E-state index >= 15 is 4.39 Å². The number of nitrogens with zero attached hydrogens (tertiary/aromatic N) is 7. The van der Waals surface area contributed by atoms with E-state index in [0.29, 0.717) is 41.3 Å². The van der Waals surface area contributed by atoms with Gasteiger partial charge in [0.05, 0.1) is 17.4 Å². The van der Waals surface area contributed by atoms with Gasteiger partial charge in [-0.15, -0.1) is 0 Å². The summed E-state index contributed by atoms with van der Waals surface area (Å²) >= 11 is 6.55. The highest BCUT2D eigenvalue weighted by Gasteiger charge is 2.46. The minimum Gasteiger partial charge on any atom is -0.480 e. The monoisotopic (exact) mass is 881 g/mol. The van der Waals surface area contributed by atoms with Gasteiger partial charge in [-0.1, -0.05) is 18.5 Å². The minimum absolute atomic E-state index is 0.0915. The maximum absolute atomic E-state index is 16.2. The third-order valence-corrected chi connectivity index (χ3v) is 13.9. The van der Waals surface area contributed by atoms with Gasteiger partial charge in [0.25, 0.3) is 11.5 Å². The molecule has 0 radical (unpaired) electrons. The van der Waals surface area contributed by atoms with Crippen LogP contribution in [0.25, 0.3) is 10.9 Å². The van der Waals surface area contributed by atoms with E-state index in [1.54, 1.807) is 24.0 Å². The third-order valence-electron chi connectivity index (χ3n) is 13.7. The lowest BCUT2D eigenvalue weighted by atomic mass is 9.71. The van der Waals surface area contributed by atoms with Crippen molar-refractivity contribution in [1.29, 1.82) is 0 Å². The molecule has 0 bridgehead atoms. The number of amides is 3. The summed E-state index contributed by atoms with van der Waals surface area (Å²) in [6, 6.07) is 9.70. The summed E-state index contributed by atoms with van der Waals surface area (Å²) in [6.45, 7) is 12.2. The number of piperidine rings is 3. The number of halogens is 2. The molecule has 1 spiro atoms. The molecule has 4 fully saturated rings. The third kappa shape index (κ3) is 8.34. The van der Waals surface area contributed by atoms with Crippen LogP contribution in [0, 0.1) is 17.2 Å². The van der Waals surface area contributed by atoms with Gasteiger partial charge < -0.3 is 34.2 Å². The molecule has 17 heteroatoms. The Hall–Kier alpha value is -5.61. The van der Waals surface area contributed by atoms with Crippen molar-refractivity contribution >= 4 is 69.1 Å². The number of carbonyl (C=O) groups excluding carboxylic acids is 4. The number of benzene rings is 2. The maximum atomic E-state index is 16.2. The topological polar surface area (TPSA) is 162 Å². The smallest absolute Gasteiger partial charge is 0.293 e. The lowest BCUT2D eigenvalue weighted by Gasteiger charge is -2.55. The van der Waals surface area contributed by atoms with Crippen LogP contribution in [-0.2, 0) is 20.9 Å². The first-order chi connectivity index (χ1) is 30.3. The number of carbonyl (C=O) groups is 4. The Morgan fingerprint density at radius 2 is 1.78 bits per heavy atom. The summed E-state index contributed by atoms with van der Waals surface area (Å²) in [5.74, 6) is -0.358. The van der Waals surface area contributed by atoms with Crippen LogP contribution in [0.5, 0.6) is 5.75 Å². The van der Waals surface area contributed by atoms with Gasteiger partial charge >= 0.3 is 0 Å². The fourth-order valence-corrected chi connectivity index (χ4v) is 10.1. The molecule has 9 rings (SSSR count). The molecule has 5 aliphatic rings. The maximum Gasteiger partial charge on any atom is 0.293 e. The Morgan fingerprint density at radius 3 is 2.49 bits per heavy atom. The summed E-state index contributed by atoms with van der Waals surface area (Å²) in [5.41, 5.74) is 3.07. The number of Topliss-reactive ketones (excluding diaryl/α,β-unsaturated/α-hetero) is 1. The largest absolute Gasteiger partial charge is 0.480 e. The summed E-state index contributed by atoms with van der Waals surface area (Å²) in [5, 5.41) is 5.83. The fraction of sp³-hybridized carbons (Fsp3) is 0.500. The Morgan fingerprint density at radius 1 is 1.02 bits per heavy atom. The number of fused-ring (bicyclic) bond motifs is 2. The van der Waals surface area contributed by atoms with Gasteiger partial charge in [0.15, 0.2) is 23.2 Å². The summed E-state index contributed by atoms with van der Waals surface area (Å²) < 4.78 is 23.3. The zero-order valence-electron chi connectivity index (χ0n) is 35.9. The molecule has 15 nitrogen and oxygen atoms in total. The first-order valence-electron chi connectivity index (χ1n) is 22.1. The van der Waals surface area contributed by atoms with Crippen molar-refractivity contribution in [2.24, 2.45) is 11.3 Å². The van der Waals surface area contributed by atoms with Gasteiger partial charge in [0.1, 0.15) is 17.7 Å². The fourth-order valence-electron chi connectivity index (χ4n) is 9.96. The second-order valence-electron chi connectivity index (χ2n) is 18.1.